The maximum absolute atomic E-state index is 13.6. The van der Waals surface area contributed by atoms with Gasteiger partial charge in [-0.15, -0.1) is 0 Å². The fourth-order valence-corrected chi connectivity index (χ4v) is 5.91. The second-order valence-corrected chi connectivity index (χ2v) is 10.8. The van der Waals surface area contributed by atoms with Crippen molar-refractivity contribution in [2.24, 2.45) is 5.92 Å². The van der Waals surface area contributed by atoms with Crippen molar-refractivity contribution in [3.05, 3.63) is 41.6 Å². The van der Waals surface area contributed by atoms with Crippen LogP contribution in [0.4, 0.5) is 10.2 Å². The lowest BCUT2D eigenvalue weighted by Crippen LogP contribution is -2.39. The number of rotatable bonds is 6. The molecular formula is C29H39FN6O. The molecule has 2 aliphatic rings. The van der Waals surface area contributed by atoms with E-state index in [9.17, 15) is 9.18 Å². The second-order valence-electron chi connectivity index (χ2n) is 10.8. The first-order valence-corrected chi connectivity index (χ1v) is 14.0. The Labute approximate surface area is 219 Å². The third kappa shape index (κ3) is 5.34. The van der Waals surface area contributed by atoms with Crippen LogP contribution in [0.2, 0.25) is 0 Å². The summed E-state index contributed by atoms with van der Waals surface area (Å²) in [6.45, 7) is 9.43. The Morgan fingerprint density at radius 1 is 1.03 bits per heavy atom. The highest BCUT2D eigenvalue weighted by atomic mass is 19.1. The molecular weight excluding hydrogens is 467 g/mol. The van der Waals surface area contributed by atoms with Crippen LogP contribution in [0.15, 0.2) is 24.3 Å². The number of benzene rings is 1. The minimum Gasteiger partial charge on any atom is -0.354 e. The molecule has 198 valence electrons. The van der Waals surface area contributed by atoms with Crippen molar-refractivity contribution < 1.29 is 9.18 Å². The number of amides is 1. The van der Waals surface area contributed by atoms with Gasteiger partial charge in [0.1, 0.15) is 17.5 Å². The fourth-order valence-electron chi connectivity index (χ4n) is 5.91. The molecule has 1 atom stereocenters. The number of aromatic nitrogens is 4. The van der Waals surface area contributed by atoms with E-state index in [-0.39, 0.29) is 17.7 Å². The lowest BCUT2D eigenvalue weighted by Gasteiger charge is -2.28. The van der Waals surface area contributed by atoms with Crippen LogP contribution in [0.1, 0.15) is 82.7 Å². The zero-order valence-electron chi connectivity index (χ0n) is 22.4. The van der Waals surface area contributed by atoms with E-state index in [1.807, 2.05) is 11.6 Å². The van der Waals surface area contributed by atoms with E-state index < -0.39 is 0 Å². The number of halogens is 1. The molecule has 1 aliphatic heterocycles. The number of fused-ring (bicyclic) bond motifs is 1. The third-order valence-electron chi connectivity index (χ3n) is 8.00. The van der Waals surface area contributed by atoms with Crippen molar-refractivity contribution in [2.45, 2.75) is 78.1 Å². The van der Waals surface area contributed by atoms with Crippen LogP contribution < -0.4 is 4.90 Å². The molecule has 8 heteroatoms. The third-order valence-corrected chi connectivity index (χ3v) is 8.00. The lowest BCUT2D eigenvalue weighted by molar-refractivity contribution is -0.136. The molecule has 0 spiro atoms. The number of carbonyl (C=O) groups is 1. The molecule has 0 N–H and O–H groups in total. The van der Waals surface area contributed by atoms with Crippen LogP contribution in [0.25, 0.3) is 16.7 Å². The molecule has 3 aromatic rings. The Kier molecular flexibility index (Phi) is 7.72. The van der Waals surface area contributed by atoms with Gasteiger partial charge in [0.2, 0.25) is 5.91 Å². The summed E-state index contributed by atoms with van der Waals surface area (Å²) in [5.74, 6) is 2.19. The summed E-state index contributed by atoms with van der Waals surface area (Å²) in [4.78, 5) is 27.8. The highest BCUT2D eigenvalue weighted by molar-refractivity contribution is 5.91. The van der Waals surface area contributed by atoms with Crippen molar-refractivity contribution in [1.29, 1.82) is 0 Å². The van der Waals surface area contributed by atoms with Gasteiger partial charge in [0.15, 0.2) is 5.65 Å². The zero-order valence-corrected chi connectivity index (χ0v) is 22.4. The molecule has 2 aromatic heterocycles. The minimum absolute atomic E-state index is 0.198. The van der Waals surface area contributed by atoms with Gasteiger partial charge in [-0.2, -0.15) is 5.10 Å². The van der Waals surface area contributed by atoms with Crippen molar-refractivity contribution in [3.63, 3.8) is 0 Å². The first-order valence-electron chi connectivity index (χ1n) is 14.0. The van der Waals surface area contributed by atoms with Crippen LogP contribution in [0, 0.1) is 18.7 Å². The van der Waals surface area contributed by atoms with Crippen molar-refractivity contribution >= 4 is 22.8 Å². The molecule has 0 unspecified atom stereocenters. The number of carbonyl (C=O) groups excluding carboxylic acids is 1. The topological polar surface area (TPSA) is 67.2 Å². The van der Waals surface area contributed by atoms with Gasteiger partial charge in [0, 0.05) is 38.0 Å². The minimum atomic E-state index is -0.276. The Morgan fingerprint density at radius 3 is 2.51 bits per heavy atom. The lowest BCUT2D eigenvalue weighted by atomic mass is 9.88. The second kappa shape index (κ2) is 11.2. The van der Waals surface area contributed by atoms with Crippen molar-refractivity contribution in [3.8, 4) is 5.69 Å². The maximum Gasteiger partial charge on any atom is 0.225 e. The highest BCUT2D eigenvalue weighted by Gasteiger charge is 2.29. The Hall–Kier alpha value is -3.03. The van der Waals surface area contributed by atoms with Crippen LogP contribution in [-0.4, -0.2) is 56.7 Å². The molecule has 37 heavy (non-hydrogen) atoms. The van der Waals surface area contributed by atoms with Gasteiger partial charge in [0.25, 0.3) is 0 Å². The van der Waals surface area contributed by atoms with Crippen LogP contribution in [0.3, 0.4) is 0 Å². The van der Waals surface area contributed by atoms with Gasteiger partial charge in [-0.05, 0) is 56.9 Å². The number of aryl methyl sites for hydroxylation is 1. The Morgan fingerprint density at radius 2 is 1.78 bits per heavy atom. The van der Waals surface area contributed by atoms with E-state index in [1.54, 1.807) is 12.1 Å². The summed E-state index contributed by atoms with van der Waals surface area (Å²) in [6, 6.07) is 6.37. The summed E-state index contributed by atoms with van der Waals surface area (Å²) in [6.07, 6.45) is 8.63. The van der Waals surface area contributed by atoms with E-state index >= 15 is 0 Å². The van der Waals surface area contributed by atoms with E-state index in [4.69, 9.17) is 15.1 Å². The predicted octanol–water partition coefficient (Wildman–Crippen LogP) is 5.79. The molecule has 0 radical (unpaired) electrons. The van der Waals surface area contributed by atoms with E-state index in [0.29, 0.717) is 12.5 Å². The monoisotopic (exact) mass is 506 g/mol. The first-order chi connectivity index (χ1) is 18.0. The number of hydrogen-bond acceptors (Lipinski definition) is 5. The molecule has 1 aliphatic carbocycles. The number of nitrogens with zero attached hydrogens (tertiary/aromatic N) is 6. The van der Waals surface area contributed by atoms with E-state index in [0.717, 1.165) is 85.8 Å². The van der Waals surface area contributed by atoms with Crippen LogP contribution in [0.5, 0.6) is 0 Å². The summed E-state index contributed by atoms with van der Waals surface area (Å²) in [7, 11) is 0. The SMILES string of the molecule is CCC[C@@H](C)c1nc(N2CCCN(C(=O)C3CCCCC3)CC2)c2c(C)nn(-c3ccc(F)cc3)c2n1. The Bertz CT molecular complexity index is 1230. The average Bonchev–Trinajstić information content (AvgIpc) is 3.08. The fraction of sp³-hybridized carbons (Fsp3) is 0.586. The molecule has 3 heterocycles. The highest BCUT2D eigenvalue weighted by Crippen LogP contribution is 2.32. The van der Waals surface area contributed by atoms with Gasteiger partial charge < -0.3 is 9.80 Å². The molecule has 1 amide bonds. The number of anilines is 1. The van der Waals surface area contributed by atoms with Gasteiger partial charge in [-0.1, -0.05) is 39.5 Å². The van der Waals surface area contributed by atoms with Crippen molar-refractivity contribution in [1.82, 2.24) is 24.6 Å². The first kappa shape index (κ1) is 25.6. The largest absolute Gasteiger partial charge is 0.354 e. The molecule has 1 saturated heterocycles. The average molecular weight is 507 g/mol. The van der Waals surface area contributed by atoms with Gasteiger partial charge in [0.05, 0.1) is 16.8 Å². The molecule has 2 fully saturated rings. The molecule has 0 bridgehead atoms. The molecule has 5 rings (SSSR count). The van der Waals surface area contributed by atoms with Gasteiger partial charge >= 0.3 is 0 Å². The quantitative estimate of drug-likeness (QED) is 0.424. The summed E-state index contributed by atoms with van der Waals surface area (Å²) < 4.78 is 15.5. The molecule has 1 saturated carbocycles. The van der Waals surface area contributed by atoms with E-state index in [1.165, 1.54) is 31.4 Å². The normalized spacial score (nSPS) is 18.3. The van der Waals surface area contributed by atoms with Crippen LogP contribution >= 0.6 is 0 Å². The summed E-state index contributed by atoms with van der Waals surface area (Å²) in [5.41, 5.74) is 2.38. The van der Waals surface area contributed by atoms with Crippen molar-refractivity contribution in [2.75, 3.05) is 31.1 Å². The van der Waals surface area contributed by atoms with Gasteiger partial charge in [-0.25, -0.2) is 19.0 Å². The smallest absolute Gasteiger partial charge is 0.225 e. The standard InChI is InChI=1S/C29H39FN6O/c1-4-9-20(2)26-31-27(25-21(3)33-36(28(25)32-26)24-14-12-23(30)13-15-24)34-16-8-17-35(19-18-34)29(37)22-10-6-5-7-11-22/h12-15,20,22H,4-11,16-19H2,1-3H3/t20-/m1/s1. The van der Waals surface area contributed by atoms with E-state index in [2.05, 4.69) is 23.6 Å². The summed E-state index contributed by atoms with van der Waals surface area (Å²) >= 11 is 0. The Balaban J connectivity index is 1.50. The maximum atomic E-state index is 13.6. The molecule has 1 aromatic carbocycles. The summed E-state index contributed by atoms with van der Waals surface area (Å²) in [5, 5.41) is 5.75. The number of hydrogen-bond donors (Lipinski definition) is 0. The molecule has 7 nitrogen and oxygen atoms in total. The van der Waals surface area contributed by atoms with Gasteiger partial charge in [-0.3, -0.25) is 4.79 Å². The zero-order chi connectivity index (χ0) is 25.9. The predicted molar refractivity (Wildman–Crippen MR) is 145 cm³/mol. The van der Waals surface area contributed by atoms with Crippen LogP contribution in [-0.2, 0) is 4.79 Å².